The second-order valence-electron chi connectivity index (χ2n) is 6.92. The molecule has 0 unspecified atom stereocenters. The van der Waals surface area contributed by atoms with E-state index in [-0.39, 0.29) is 12.0 Å². The summed E-state index contributed by atoms with van der Waals surface area (Å²) in [6.07, 6.45) is -6.39. The van der Waals surface area contributed by atoms with Gasteiger partial charge in [-0.05, 0) is 12.1 Å². The highest BCUT2D eigenvalue weighted by molar-refractivity contribution is 5.89. The molecule has 0 N–H and O–H groups in total. The van der Waals surface area contributed by atoms with Crippen molar-refractivity contribution >= 4 is 29.8 Å². The third-order valence-corrected chi connectivity index (χ3v) is 4.34. The molecule has 1 fully saturated rings. The molecular formula is C21H24O10. The van der Waals surface area contributed by atoms with Gasteiger partial charge >= 0.3 is 29.8 Å². The van der Waals surface area contributed by atoms with Crippen LogP contribution in [0.3, 0.4) is 0 Å². The van der Waals surface area contributed by atoms with Gasteiger partial charge in [-0.25, -0.2) is 4.79 Å². The fourth-order valence-corrected chi connectivity index (χ4v) is 3.33. The number of ether oxygens (including phenoxy) is 5. The average Bonchev–Trinajstić information content (AvgIpc) is 2.66. The van der Waals surface area contributed by atoms with Crippen LogP contribution in [0.25, 0.3) is 0 Å². The predicted octanol–water partition coefficient (Wildman–Crippen LogP) is 1.34. The number of benzene rings is 1. The third-order valence-electron chi connectivity index (χ3n) is 4.34. The Morgan fingerprint density at radius 1 is 0.613 bits per heavy atom. The van der Waals surface area contributed by atoms with Crippen LogP contribution in [0.2, 0.25) is 0 Å². The van der Waals surface area contributed by atoms with E-state index in [1.54, 1.807) is 18.2 Å². The third kappa shape index (κ3) is 6.80. The van der Waals surface area contributed by atoms with Gasteiger partial charge < -0.3 is 23.7 Å². The Morgan fingerprint density at radius 3 is 1.48 bits per heavy atom. The summed E-state index contributed by atoms with van der Waals surface area (Å²) in [5.41, 5.74) is 0.235. The van der Waals surface area contributed by atoms with Gasteiger partial charge in [0.05, 0.1) is 5.56 Å². The van der Waals surface area contributed by atoms with E-state index >= 15 is 0 Å². The number of hydrogen-bond acceptors (Lipinski definition) is 10. The molecule has 168 valence electrons. The van der Waals surface area contributed by atoms with Gasteiger partial charge in [-0.3, -0.25) is 19.2 Å². The molecule has 10 heteroatoms. The predicted molar refractivity (Wildman–Crippen MR) is 102 cm³/mol. The normalized spacial score (nSPS) is 25.0. The smallest absolute Gasteiger partial charge is 0.338 e. The lowest BCUT2D eigenvalue weighted by Gasteiger charge is -2.43. The number of hydrogen-bond donors (Lipinski definition) is 0. The lowest BCUT2D eigenvalue weighted by molar-refractivity contribution is -0.225. The van der Waals surface area contributed by atoms with E-state index < -0.39 is 60.4 Å². The van der Waals surface area contributed by atoms with Crippen molar-refractivity contribution < 1.29 is 47.7 Å². The maximum absolute atomic E-state index is 12.6. The van der Waals surface area contributed by atoms with Crippen LogP contribution in [0.4, 0.5) is 0 Å². The second-order valence-corrected chi connectivity index (χ2v) is 6.92. The molecule has 0 radical (unpaired) electrons. The summed E-state index contributed by atoms with van der Waals surface area (Å²) in [6, 6.07) is 8.06. The molecule has 1 aliphatic rings. The van der Waals surface area contributed by atoms with E-state index in [1.165, 1.54) is 12.1 Å². The highest BCUT2D eigenvalue weighted by Crippen LogP contribution is 2.32. The van der Waals surface area contributed by atoms with E-state index in [4.69, 9.17) is 23.7 Å². The molecule has 0 saturated heterocycles. The minimum absolute atomic E-state index is 0.161. The molecule has 5 atom stereocenters. The number of carbonyl (C=O) groups is 5. The zero-order chi connectivity index (χ0) is 23.1. The maximum Gasteiger partial charge on any atom is 0.338 e. The SMILES string of the molecule is CC(=O)O[C@@H]1[C@@H](OC(C)=O)[C@@H](OC(=O)c2ccccc2)C[C@@H](OC(C)=O)[C@@H]1OC(C)=O. The van der Waals surface area contributed by atoms with Crippen LogP contribution in [0.5, 0.6) is 0 Å². The Labute approximate surface area is 178 Å². The van der Waals surface area contributed by atoms with Crippen LogP contribution in [0.1, 0.15) is 44.5 Å². The zero-order valence-electron chi connectivity index (χ0n) is 17.6. The average molecular weight is 436 g/mol. The highest BCUT2D eigenvalue weighted by Gasteiger charge is 2.53. The van der Waals surface area contributed by atoms with Gasteiger partial charge in [-0.15, -0.1) is 0 Å². The summed E-state index contributed by atoms with van der Waals surface area (Å²) < 4.78 is 26.6. The van der Waals surface area contributed by atoms with Gasteiger partial charge in [0.15, 0.2) is 18.3 Å². The Hall–Kier alpha value is -3.43. The lowest BCUT2D eigenvalue weighted by atomic mass is 9.86. The van der Waals surface area contributed by atoms with Gasteiger partial charge in [-0.2, -0.15) is 0 Å². The van der Waals surface area contributed by atoms with Crippen molar-refractivity contribution in [3.05, 3.63) is 35.9 Å². The largest absolute Gasteiger partial charge is 0.458 e. The Bertz CT molecular complexity index is 834. The van der Waals surface area contributed by atoms with Crippen LogP contribution in [0, 0.1) is 0 Å². The highest BCUT2D eigenvalue weighted by atomic mass is 16.6. The minimum Gasteiger partial charge on any atom is -0.458 e. The van der Waals surface area contributed by atoms with Crippen molar-refractivity contribution in [2.75, 3.05) is 0 Å². The van der Waals surface area contributed by atoms with Crippen LogP contribution in [-0.4, -0.2) is 60.4 Å². The standard InChI is InChI=1S/C21H24O10/c1-11(22)27-16-10-17(31-21(26)15-8-6-5-7-9-15)19(29-13(3)24)20(30-14(4)25)18(16)28-12(2)23/h5-9,16-20H,10H2,1-4H3/t16-,17+,18+,19+,20+/m1/s1. The van der Waals surface area contributed by atoms with Crippen molar-refractivity contribution in [2.45, 2.75) is 64.6 Å². The van der Waals surface area contributed by atoms with E-state index in [2.05, 4.69) is 0 Å². The summed E-state index contributed by atoms with van der Waals surface area (Å²) in [7, 11) is 0. The van der Waals surface area contributed by atoms with E-state index in [1.807, 2.05) is 0 Å². The van der Waals surface area contributed by atoms with E-state index in [0.717, 1.165) is 27.7 Å². The van der Waals surface area contributed by atoms with Crippen molar-refractivity contribution in [3.63, 3.8) is 0 Å². The Balaban J connectivity index is 2.43. The number of carbonyl (C=O) groups excluding carboxylic acids is 5. The quantitative estimate of drug-likeness (QED) is 0.475. The van der Waals surface area contributed by atoms with Crippen molar-refractivity contribution in [2.24, 2.45) is 0 Å². The fraction of sp³-hybridized carbons (Fsp3) is 0.476. The molecule has 1 aliphatic carbocycles. The summed E-state index contributed by atoms with van der Waals surface area (Å²) in [6.45, 7) is 4.50. The van der Waals surface area contributed by atoms with E-state index in [0.29, 0.717) is 0 Å². The first-order valence-corrected chi connectivity index (χ1v) is 9.53. The summed E-state index contributed by atoms with van der Waals surface area (Å²) >= 11 is 0. The minimum atomic E-state index is -1.38. The second kappa shape index (κ2) is 10.6. The molecule has 0 spiro atoms. The van der Waals surface area contributed by atoms with Gasteiger partial charge in [0, 0.05) is 34.1 Å². The first kappa shape index (κ1) is 23.8. The molecule has 0 aromatic heterocycles. The van der Waals surface area contributed by atoms with Gasteiger partial charge in [0.1, 0.15) is 12.2 Å². The Kier molecular flexibility index (Phi) is 8.12. The van der Waals surface area contributed by atoms with E-state index in [9.17, 15) is 24.0 Å². The number of rotatable bonds is 6. The molecule has 10 nitrogen and oxygen atoms in total. The monoisotopic (exact) mass is 436 g/mol. The van der Waals surface area contributed by atoms with Crippen LogP contribution in [0.15, 0.2) is 30.3 Å². The fourth-order valence-electron chi connectivity index (χ4n) is 3.33. The zero-order valence-corrected chi connectivity index (χ0v) is 17.6. The first-order valence-electron chi connectivity index (χ1n) is 9.53. The molecule has 31 heavy (non-hydrogen) atoms. The van der Waals surface area contributed by atoms with Crippen molar-refractivity contribution in [1.82, 2.24) is 0 Å². The van der Waals surface area contributed by atoms with Crippen LogP contribution in [-0.2, 0) is 42.9 Å². The summed E-state index contributed by atoms with van der Waals surface area (Å²) in [4.78, 5) is 59.3. The van der Waals surface area contributed by atoms with Gasteiger partial charge in [0.2, 0.25) is 0 Å². The number of esters is 5. The molecule has 0 amide bonds. The van der Waals surface area contributed by atoms with Crippen LogP contribution < -0.4 is 0 Å². The molecule has 0 bridgehead atoms. The lowest BCUT2D eigenvalue weighted by Crippen LogP contribution is -2.61. The molecule has 1 aromatic rings. The molecule has 2 rings (SSSR count). The van der Waals surface area contributed by atoms with Crippen molar-refractivity contribution in [1.29, 1.82) is 0 Å². The first-order chi connectivity index (χ1) is 14.6. The molecule has 0 aliphatic heterocycles. The summed E-state index contributed by atoms with van der Waals surface area (Å²) in [5.74, 6) is -3.66. The molecular weight excluding hydrogens is 412 g/mol. The Morgan fingerprint density at radius 2 is 1.03 bits per heavy atom. The topological polar surface area (TPSA) is 132 Å². The molecule has 1 saturated carbocycles. The molecule has 1 aromatic carbocycles. The van der Waals surface area contributed by atoms with Crippen LogP contribution >= 0.6 is 0 Å². The summed E-state index contributed by atoms with van der Waals surface area (Å²) in [5, 5.41) is 0. The maximum atomic E-state index is 12.6. The van der Waals surface area contributed by atoms with Gasteiger partial charge in [0.25, 0.3) is 0 Å². The van der Waals surface area contributed by atoms with Gasteiger partial charge in [-0.1, -0.05) is 18.2 Å². The van der Waals surface area contributed by atoms with Crippen molar-refractivity contribution in [3.8, 4) is 0 Å². The molecule has 0 heterocycles.